The number of rotatable bonds is 4. The zero-order valence-corrected chi connectivity index (χ0v) is 8.50. The largest absolute Gasteiger partial charge is 0.342 e. The van der Waals surface area contributed by atoms with E-state index in [1.165, 1.54) is 0 Å². The van der Waals surface area contributed by atoms with Gasteiger partial charge in [0.2, 0.25) is 5.91 Å². The lowest BCUT2D eigenvalue weighted by Gasteiger charge is -2.26. The molecule has 0 aliphatic rings. The number of likely N-dealkylation sites (N-methyl/N-ethyl adjacent to an activating group) is 1. The second kappa shape index (κ2) is 5.14. The van der Waals surface area contributed by atoms with Gasteiger partial charge in [-0.2, -0.15) is 0 Å². The SMILES string of the molecule is CCC(C)N(C)C(=O)[C@H](N)CC. The van der Waals surface area contributed by atoms with E-state index in [-0.39, 0.29) is 18.0 Å². The lowest BCUT2D eigenvalue weighted by Crippen LogP contribution is -2.45. The fourth-order valence-corrected chi connectivity index (χ4v) is 0.927. The van der Waals surface area contributed by atoms with E-state index in [2.05, 4.69) is 6.92 Å². The maximum atomic E-state index is 11.5. The average molecular weight is 172 g/mol. The monoisotopic (exact) mass is 172 g/mol. The van der Waals surface area contributed by atoms with Crippen molar-refractivity contribution in [2.75, 3.05) is 7.05 Å². The molecule has 0 aliphatic heterocycles. The maximum Gasteiger partial charge on any atom is 0.239 e. The predicted octanol–water partition coefficient (Wildman–Crippen LogP) is 0.981. The molecule has 3 heteroatoms. The van der Waals surface area contributed by atoms with E-state index in [4.69, 9.17) is 5.73 Å². The Kier molecular flexibility index (Phi) is 4.90. The second-order valence-electron chi connectivity index (χ2n) is 3.22. The van der Waals surface area contributed by atoms with Crippen LogP contribution in [0, 0.1) is 0 Å². The number of amides is 1. The molecule has 72 valence electrons. The van der Waals surface area contributed by atoms with Crippen molar-refractivity contribution in [1.82, 2.24) is 4.90 Å². The van der Waals surface area contributed by atoms with Gasteiger partial charge in [0.05, 0.1) is 6.04 Å². The first-order chi connectivity index (χ1) is 5.54. The molecular weight excluding hydrogens is 152 g/mol. The molecule has 0 rings (SSSR count). The molecule has 0 saturated heterocycles. The van der Waals surface area contributed by atoms with Crippen LogP contribution in [0.4, 0.5) is 0 Å². The van der Waals surface area contributed by atoms with E-state index >= 15 is 0 Å². The molecule has 12 heavy (non-hydrogen) atoms. The summed E-state index contributed by atoms with van der Waals surface area (Å²) in [7, 11) is 1.81. The Balaban J connectivity index is 4.09. The van der Waals surface area contributed by atoms with Gasteiger partial charge in [-0.1, -0.05) is 13.8 Å². The van der Waals surface area contributed by atoms with Crippen LogP contribution < -0.4 is 5.73 Å². The minimum absolute atomic E-state index is 0.0480. The maximum absolute atomic E-state index is 11.5. The van der Waals surface area contributed by atoms with Gasteiger partial charge in [-0.25, -0.2) is 0 Å². The van der Waals surface area contributed by atoms with Gasteiger partial charge in [0.1, 0.15) is 0 Å². The second-order valence-corrected chi connectivity index (χ2v) is 3.22. The summed E-state index contributed by atoms with van der Waals surface area (Å²) >= 11 is 0. The van der Waals surface area contributed by atoms with Crippen LogP contribution in [0.1, 0.15) is 33.6 Å². The summed E-state index contributed by atoms with van der Waals surface area (Å²) in [5.74, 6) is 0.0480. The smallest absolute Gasteiger partial charge is 0.239 e. The van der Waals surface area contributed by atoms with Gasteiger partial charge in [0.15, 0.2) is 0 Å². The van der Waals surface area contributed by atoms with Crippen molar-refractivity contribution >= 4 is 5.91 Å². The number of carbonyl (C=O) groups is 1. The highest BCUT2D eigenvalue weighted by molar-refractivity contribution is 5.81. The first kappa shape index (κ1) is 11.4. The number of nitrogens with zero attached hydrogens (tertiary/aromatic N) is 1. The first-order valence-corrected chi connectivity index (χ1v) is 4.56. The summed E-state index contributed by atoms with van der Waals surface area (Å²) in [6.07, 6.45) is 1.68. The lowest BCUT2D eigenvalue weighted by atomic mass is 10.1. The van der Waals surface area contributed by atoms with Crippen LogP contribution in [0.15, 0.2) is 0 Å². The summed E-state index contributed by atoms with van der Waals surface area (Å²) in [5, 5.41) is 0. The topological polar surface area (TPSA) is 46.3 Å². The van der Waals surface area contributed by atoms with Crippen molar-refractivity contribution in [2.24, 2.45) is 5.73 Å². The number of nitrogens with two attached hydrogens (primary N) is 1. The fraction of sp³-hybridized carbons (Fsp3) is 0.889. The Morgan fingerprint density at radius 1 is 1.42 bits per heavy atom. The quantitative estimate of drug-likeness (QED) is 0.687. The molecule has 0 spiro atoms. The molecule has 0 heterocycles. The summed E-state index contributed by atoms with van der Waals surface area (Å²) in [5.41, 5.74) is 5.62. The summed E-state index contributed by atoms with van der Waals surface area (Å²) in [6, 6.07) is -0.0425. The summed E-state index contributed by atoms with van der Waals surface area (Å²) < 4.78 is 0. The van der Waals surface area contributed by atoms with E-state index in [1.54, 1.807) is 4.90 Å². The fourth-order valence-electron chi connectivity index (χ4n) is 0.927. The number of carbonyl (C=O) groups excluding carboxylic acids is 1. The van der Waals surface area contributed by atoms with E-state index < -0.39 is 0 Å². The molecule has 0 aromatic heterocycles. The Labute approximate surface area is 74.9 Å². The molecule has 0 bridgehead atoms. The molecule has 0 saturated carbocycles. The minimum atomic E-state index is -0.330. The Morgan fingerprint density at radius 3 is 2.25 bits per heavy atom. The van der Waals surface area contributed by atoms with Crippen LogP contribution >= 0.6 is 0 Å². The van der Waals surface area contributed by atoms with Gasteiger partial charge in [-0.15, -0.1) is 0 Å². The van der Waals surface area contributed by atoms with Crippen LogP contribution in [0.2, 0.25) is 0 Å². The highest BCUT2D eigenvalue weighted by Crippen LogP contribution is 2.03. The molecule has 1 amide bonds. The third-order valence-corrected chi connectivity index (χ3v) is 2.36. The van der Waals surface area contributed by atoms with Gasteiger partial charge in [-0.3, -0.25) is 4.79 Å². The average Bonchev–Trinajstić information content (AvgIpc) is 2.12. The number of hydrogen-bond donors (Lipinski definition) is 1. The van der Waals surface area contributed by atoms with Crippen molar-refractivity contribution in [3.05, 3.63) is 0 Å². The third-order valence-electron chi connectivity index (χ3n) is 2.36. The summed E-state index contributed by atoms with van der Waals surface area (Å²) in [4.78, 5) is 13.2. The van der Waals surface area contributed by atoms with Gasteiger partial charge < -0.3 is 10.6 Å². The first-order valence-electron chi connectivity index (χ1n) is 4.56. The van der Waals surface area contributed by atoms with Crippen molar-refractivity contribution in [3.8, 4) is 0 Å². The van der Waals surface area contributed by atoms with Gasteiger partial charge in [-0.05, 0) is 19.8 Å². The molecule has 0 aliphatic carbocycles. The van der Waals surface area contributed by atoms with Crippen molar-refractivity contribution in [2.45, 2.75) is 45.7 Å². The third kappa shape index (κ3) is 2.81. The van der Waals surface area contributed by atoms with Crippen molar-refractivity contribution in [1.29, 1.82) is 0 Å². The zero-order chi connectivity index (χ0) is 9.72. The van der Waals surface area contributed by atoms with Crippen LogP contribution in [0.5, 0.6) is 0 Å². The number of hydrogen-bond acceptors (Lipinski definition) is 2. The molecule has 0 aromatic carbocycles. The van der Waals surface area contributed by atoms with Crippen LogP contribution in [0.3, 0.4) is 0 Å². The van der Waals surface area contributed by atoms with Crippen LogP contribution in [0.25, 0.3) is 0 Å². The normalized spacial score (nSPS) is 15.4. The van der Waals surface area contributed by atoms with Crippen LogP contribution in [-0.2, 0) is 4.79 Å². The minimum Gasteiger partial charge on any atom is -0.342 e. The molecular formula is C9H20N2O. The molecule has 3 nitrogen and oxygen atoms in total. The predicted molar refractivity (Wildman–Crippen MR) is 50.8 cm³/mol. The molecule has 0 fully saturated rings. The Bertz CT molecular complexity index is 147. The van der Waals surface area contributed by atoms with E-state index in [0.29, 0.717) is 6.42 Å². The zero-order valence-electron chi connectivity index (χ0n) is 8.50. The van der Waals surface area contributed by atoms with E-state index in [9.17, 15) is 4.79 Å². The van der Waals surface area contributed by atoms with Gasteiger partial charge in [0.25, 0.3) is 0 Å². The van der Waals surface area contributed by atoms with Gasteiger partial charge in [0, 0.05) is 13.1 Å². The van der Waals surface area contributed by atoms with Crippen LogP contribution in [-0.4, -0.2) is 29.9 Å². The molecule has 0 aromatic rings. The summed E-state index contributed by atoms with van der Waals surface area (Å²) in [6.45, 7) is 6.01. The molecule has 1 unspecified atom stereocenters. The molecule has 2 atom stereocenters. The highest BCUT2D eigenvalue weighted by Gasteiger charge is 2.18. The molecule has 2 N–H and O–H groups in total. The van der Waals surface area contributed by atoms with Crippen molar-refractivity contribution in [3.63, 3.8) is 0 Å². The van der Waals surface area contributed by atoms with Gasteiger partial charge >= 0.3 is 0 Å². The molecule has 0 radical (unpaired) electrons. The van der Waals surface area contributed by atoms with E-state index in [0.717, 1.165) is 6.42 Å². The van der Waals surface area contributed by atoms with E-state index in [1.807, 2.05) is 20.9 Å². The van der Waals surface area contributed by atoms with Crippen molar-refractivity contribution < 1.29 is 4.79 Å². The Hall–Kier alpha value is -0.570. The standard InChI is InChI=1S/C9H20N2O/c1-5-7(3)11(4)9(12)8(10)6-2/h7-8H,5-6,10H2,1-4H3/t7?,8-/m1/s1. The highest BCUT2D eigenvalue weighted by atomic mass is 16.2. The Morgan fingerprint density at radius 2 is 1.92 bits per heavy atom. The lowest BCUT2D eigenvalue weighted by molar-refractivity contribution is -0.133.